The average Bonchev–Trinajstić information content (AvgIpc) is 3.12. The largest absolute Gasteiger partial charge is 0.469 e. The third kappa shape index (κ3) is 2.15. The van der Waals surface area contributed by atoms with Crippen LogP contribution in [0.1, 0.15) is 35.4 Å². The Hall–Kier alpha value is -2.69. The van der Waals surface area contributed by atoms with Crippen LogP contribution in [0.3, 0.4) is 0 Å². The zero-order chi connectivity index (χ0) is 15.7. The summed E-state index contributed by atoms with van der Waals surface area (Å²) in [5.41, 5.74) is 1.10. The SMILES string of the molecule is CC(=O)N1c2ccccc2C(=O)[C@H]1[C@@H](CC=O)c1ccco1. The number of amides is 1. The van der Waals surface area contributed by atoms with Gasteiger partial charge in [-0.15, -0.1) is 0 Å². The molecule has 1 aliphatic heterocycles. The molecule has 2 heterocycles. The summed E-state index contributed by atoms with van der Waals surface area (Å²) in [7, 11) is 0. The predicted octanol–water partition coefficient (Wildman–Crippen LogP) is 2.57. The van der Waals surface area contributed by atoms with Crippen molar-refractivity contribution in [3.63, 3.8) is 0 Å². The van der Waals surface area contributed by atoms with E-state index in [2.05, 4.69) is 0 Å². The summed E-state index contributed by atoms with van der Waals surface area (Å²) in [6, 6.07) is 9.68. The van der Waals surface area contributed by atoms with Crippen molar-refractivity contribution < 1.29 is 18.8 Å². The second kappa shape index (κ2) is 5.60. The van der Waals surface area contributed by atoms with Crippen LogP contribution in [-0.2, 0) is 9.59 Å². The molecule has 2 aromatic rings. The fourth-order valence-electron chi connectivity index (χ4n) is 3.05. The maximum Gasteiger partial charge on any atom is 0.224 e. The van der Waals surface area contributed by atoms with Crippen molar-refractivity contribution in [1.82, 2.24) is 0 Å². The molecule has 0 unspecified atom stereocenters. The zero-order valence-electron chi connectivity index (χ0n) is 12.1. The first-order chi connectivity index (χ1) is 10.6. The summed E-state index contributed by atoms with van der Waals surface area (Å²) in [5.74, 6) is -0.347. The third-order valence-electron chi connectivity index (χ3n) is 3.96. The maximum absolute atomic E-state index is 12.8. The van der Waals surface area contributed by atoms with E-state index in [4.69, 9.17) is 4.42 Å². The van der Waals surface area contributed by atoms with Gasteiger partial charge < -0.3 is 14.1 Å². The minimum atomic E-state index is -0.744. The van der Waals surface area contributed by atoms with E-state index in [-0.39, 0.29) is 18.1 Å². The highest BCUT2D eigenvalue weighted by molar-refractivity contribution is 6.17. The lowest BCUT2D eigenvalue weighted by atomic mass is 9.90. The first-order valence-electron chi connectivity index (χ1n) is 7.05. The molecular formula is C17H15NO4. The number of hydrogen-bond donors (Lipinski definition) is 0. The van der Waals surface area contributed by atoms with E-state index in [9.17, 15) is 14.4 Å². The molecule has 1 aromatic heterocycles. The number of ketones is 1. The van der Waals surface area contributed by atoms with Gasteiger partial charge in [-0.1, -0.05) is 12.1 Å². The normalized spacial score (nSPS) is 18.1. The van der Waals surface area contributed by atoms with Crippen LogP contribution in [0.15, 0.2) is 47.1 Å². The molecule has 0 N–H and O–H groups in total. The molecule has 5 nitrogen and oxygen atoms in total. The lowest BCUT2D eigenvalue weighted by Gasteiger charge is -2.28. The van der Waals surface area contributed by atoms with Crippen LogP contribution in [0.4, 0.5) is 5.69 Å². The minimum absolute atomic E-state index is 0.113. The van der Waals surface area contributed by atoms with E-state index in [1.54, 1.807) is 36.4 Å². The van der Waals surface area contributed by atoms with E-state index in [0.717, 1.165) is 6.29 Å². The lowest BCUT2D eigenvalue weighted by Crippen LogP contribution is -2.43. The molecule has 0 radical (unpaired) electrons. The van der Waals surface area contributed by atoms with Crippen LogP contribution < -0.4 is 4.90 Å². The number of furan rings is 1. The van der Waals surface area contributed by atoms with E-state index in [1.165, 1.54) is 18.1 Å². The Labute approximate surface area is 127 Å². The number of carbonyl (C=O) groups is 3. The smallest absolute Gasteiger partial charge is 0.224 e. The summed E-state index contributed by atoms with van der Waals surface area (Å²) < 4.78 is 5.39. The summed E-state index contributed by atoms with van der Waals surface area (Å²) in [5, 5.41) is 0. The molecule has 0 fully saturated rings. The molecule has 1 aromatic carbocycles. The Kier molecular flexibility index (Phi) is 3.63. The number of rotatable bonds is 4. The van der Waals surface area contributed by atoms with Gasteiger partial charge in [0.25, 0.3) is 0 Å². The van der Waals surface area contributed by atoms with Gasteiger partial charge in [0.15, 0.2) is 5.78 Å². The highest BCUT2D eigenvalue weighted by Crippen LogP contribution is 2.39. The molecule has 22 heavy (non-hydrogen) atoms. The van der Waals surface area contributed by atoms with Gasteiger partial charge in [-0.2, -0.15) is 0 Å². The zero-order valence-corrected chi connectivity index (χ0v) is 12.1. The molecule has 0 aliphatic carbocycles. The Balaban J connectivity index is 2.10. The number of aldehydes is 1. The predicted molar refractivity (Wildman–Crippen MR) is 79.9 cm³/mol. The van der Waals surface area contributed by atoms with Crippen LogP contribution in [0.5, 0.6) is 0 Å². The average molecular weight is 297 g/mol. The number of nitrogens with zero attached hydrogens (tertiary/aromatic N) is 1. The summed E-state index contributed by atoms with van der Waals surface area (Å²) >= 11 is 0. The number of hydrogen-bond acceptors (Lipinski definition) is 4. The molecule has 3 rings (SSSR count). The Morgan fingerprint density at radius 3 is 2.73 bits per heavy atom. The van der Waals surface area contributed by atoms with Crippen LogP contribution in [0, 0.1) is 0 Å². The lowest BCUT2D eigenvalue weighted by molar-refractivity contribution is -0.117. The fourth-order valence-corrected chi connectivity index (χ4v) is 3.05. The van der Waals surface area contributed by atoms with Crippen LogP contribution in [-0.4, -0.2) is 24.0 Å². The molecular weight excluding hydrogens is 282 g/mol. The van der Waals surface area contributed by atoms with Gasteiger partial charge in [0.1, 0.15) is 18.1 Å². The van der Waals surface area contributed by atoms with Crippen molar-refractivity contribution in [2.24, 2.45) is 0 Å². The minimum Gasteiger partial charge on any atom is -0.469 e. The van der Waals surface area contributed by atoms with E-state index >= 15 is 0 Å². The molecule has 0 saturated carbocycles. The van der Waals surface area contributed by atoms with Crippen LogP contribution in [0.2, 0.25) is 0 Å². The van der Waals surface area contributed by atoms with Crippen molar-refractivity contribution in [1.29, 1.82) is 0 Å². The molecule has 112 valence electrons. The Morgan fingerprint density at radius 2 is 2.09 bits per heavy atom. The molecule has 0 saturated heterocycles. The quantitative estimate of drug-likeness (QED) is 0.813. The highest BCUT2D eigenvalue weighted by atomic mass is 16.3. The molecule has 0 spiro atoms. The molecule has 1 aliphatic rings. The molecule has 0 bridgehead atoms. The van der Waals surface area contributed by atoms with Gasteiger partial charge >= 0.3 is 0 Å². The van der Waals surface area contributed by atoms with Gasteiger partial charge in [-0.05, 0) is 24.3 Å². The van der Waals surface area contributed by atoms with Gasteiger partial charge in [-0.25, -0.2) is 0 Å². The fraction of sp³-hybridized carbons (Fsp3) is 0.235. The van der Waals surface area contributed by atoms with Gasteiger partial charge in [0.05, 0.1) is 17.9 Å². The first-order valence-corrected chi connectivity index (χ1v) is 7.05. The third-order valence-corrected chi connectivity index (χ3v) is 3.96. The second-order valence-electron chi connectivity index (χ2n) is 5.24. The van der Waals surface area contributed by atoms with E-state index in [0.29, 0.717) is 17.0 Å². The Bertz CT molecular complexity index is 720. The second-order valence-corrected chi connectivity index (χ2v) is 5.24. The number of carbonyl (C=O) groups excluding carboxylic acids is 3. The van der Waals surface area contributed by atoms with Crippen molar-refractivity contribution in [2.45, 2.75) is 25.3 Å². The van der Waals surface area contributed by atoms with E-state index in [1.807, 2.05) is 0 Å². The molecule has 5 heteroatoms. The van der Waals surface area contributed by atoms with Crippen LogP contribution >= 0.6 is 0 Å². The number of fused-ring (bicyclic) bond motifs is 1. The topological polar surface area (TPSA) is 67.6 Å². The van der Waals surface area contributed by atoms with Crippen molar-refractivity contribution in [3.8, 4) is 0 Å². The Morgan fingerprint density at radius 1 is 1.32 bits per heavy atom. The number of para-hydroxylation sites is 1. The monoisotopic (exact) mass is 297 g/mol. The number of Topliss-reactive ketones (excluding diaryl/α,β-unsaturated/α-hetero) is 1. The molecule has 2 atom stereocenters. The summed E-state index contributed by atoms with van der Waals surface area (Å²) in [6.45, 7) is 1.42. The van der Waals surface area contributed by atoms with Gasteiger partial charge in [-0.3, -0.25) is 9.59 Å². The van der Waals surface area contributed by atoms with Crippen molar-refractivity contribution in [3.05, 3.63) is 54.0 Å². The summed E-state index contributed by atoms with van der Waals surface area (Å²) in [4.78, 5) is 37.4. The van der Waals surface area contributed by atoms with Gasteiger partial charge in [0, 0.05) is 18.9 Å². The standard InChI is InChI=1S/C17H15NO4/c1-11(20)18-14-6-3-2-5-12(14)17(21)16(18)13(8-9-19)15-7-4-10-22-15/h2-7,9-10,13,16H,8H2,1H3/t13-,16+/m0/s1. The maximum atomic E-state index is 12.8. The van der Waals surface area contributed by atoms with Gasteiger partial charge in [0.2, 0.25) is 5.91 Å². The summed E-state index contributed by atoms with van der Waals surface area (Å²) in [6.07, 6.45) is 2.36. The number of benzene rings is 1. The van der Waals surface area contributed by atoms with E-state index < -0.39 is 12.0 Å². The molecule has 1 amide bonds. The van der Waals surface area contributed by atoms with Crippen LogP contribution in [0.25, 0.3) is 0 Å². The number of anilines is 1. The highest BCUT2D eigenvalue weighted by Gasteiger charge is 2.45. The van der Waals surface area contributed by atoms with Crippen molar-refractivity contribution in [2.75, 3.05) is 4.90 Å². The first kappa shape index (κ1) is 14.3. The van der Waals surface area contributed by atoms with Crippen molar-refractivity contribution >= 4 is 23.7 Å².